The first-order valence-corrected chi connectivity index (χ1v) is 6.38. The molecule has 0 saturated carbocycles. The second kappa shape index (κ2) is 8.77. The lowest BCUT2D eigenvalue weighted by Gasteiger charge is -2.19. The highest BCUT2D eigenvalue weighted by molar-refractivity contribution is 6.32. The summed E-state index contributed by atoms with van der Waals surface area (Å²) in [6.45, 7) is 6.76. The van der Waals surface area contributed by atoms with Gasteiger partial charge < -0.3 is 14.8 Å². The predicted molar refractivity (Wildman–Crippen MR) is 71.8 cm³/mol. The Labute approximate surface area is 122 Å². The van der Waals surface area contributed by atoms with Gasteiger partial charge in [0.1, 0.15) is 5.60 Å². The Bertz CT molecular complexity index is 402. The molecule has 0 spiro atoms. The fourth-order valence-electron chi connectivity index (χ4n) is 1.03. The zero-order valence-electron chi connectivity index (χ0n) is 12.6. The van der Waals surface area contributed by atoms with E-state index in [0.717, 1.165) is 0 Å². The van der Waals surface area contributed by atoms with Gasteiger partial charge in [-0.25, -0.2) is 9.59 Å². The highest BCUT2D eigenvalue weighted by Crippen LogP contribution is 2.06. The maximum absolute atomic E-state index is 11.3. The quantitative estimate of drug-likeness (QED) is 0.369. The molecule has 0 heterocycles. The third kappa shape index (κ3) is 10.2. The average Bonchev–Trinajstić information content (AvgIpc) is 2.33. The van der Waals surface area contributed by atoms with Crippen LogP contribution in [0.2, 0.25) is 0 Å². The van der Waals surface area contributed by atoms with Gasteiger partial charge >= 0.3 is 18.0 Å². The summed E-state index contributed by atoms with van der Waals surface area (Å²) in [6.07, 6.45) is -0.742. The Balaban J connectivity index is 3.84. The van der Waals surface area contributed by atoms with Gasteiger partial charge in [0.05, 0.1) is 6.61 Å². The van der Waals surface area contributed by atoms with Crippen molar-refractivity contribution in [3.63, 3.8) is 0 Å². The number of amides is 3. The first-order valence-electron chi connectivity index (χ1n) is 6.38. The fraction of sp³-hybridized carbons (Fsp3) is 0.667. The van der Waals surface area contributed by atoms with E-state index in [4.69, 9.17) is 4.74 Å². The van der Waals surface area contributed by atoms with Gasteiger partial charge in [0.2, 0.25) is 5.91 Å². The third-order valence-corrected chi connectivity index (χ3v) is 1.80. The zero-order valence-corrected chi connectivity index (χ0v) is 12.6. The van der Waals surface area contributed by atoms with E-state index in [9.17, 15) is 19.2 Å². The number of hydrazine groups is 1. The Morgan fingerprint density at radius 2 is 1.67 bits per heavy atom. The number of alkyl carbamates (subject to hydrolysis) is 1. The number of carbonyl (C=O) groups is 4. The van der Waals surface area contributed by atoms with Crippen molar-refractivity contribution in [1.29, 1.82) is 0 Å². The normalized spacial score (nSPS) is 10.3. The van der Waals surface area contributed by atoms with Crippen molar-refractivity contribution >= 4 is 23.9 Å². The Morgan fingerprint density at radius 3 is 2.19 bits per heavy atom. The molecule has 9 heteroatoms. The average molecular weight is 303 g/mol. The monoisotopic (exact) mass is 303 g/mol. The van der Waals surface area contributed by atoms with Crippen LogP contribution in [0.15, 0.2) is 0 Å². The molecule has 0 radical (unpaired) electrons. The van der Waals surface area contributed by atoms with Gasteiger partial charge in [-0.1, -0.05) is 0 Å². The lowest BCUT2D eigenvalue weighted by Crippen LogP contribution is -2.46. The number of carbonyl (C=O) groups excluding carboxylic acids is 4. The van der Waals surface area contributed by atoms with Gasteiger partial charge in [0.15, 0.2) is 0 Å². The molecule has 0 aromatic rings. The molecule has 0 unspecified atom stereocenters. The summed E-state index contributed by atoms with van der Waals surface area (Å²) in [4.78, 5) is 44.6. The predicted octanol–water partition coefficient (Wildman–Crippen LogP) is -0.388. The van der Waals surface area contributed by atoms with E-state index in [1.807, 2.05) is 10.9 Å². The van der Waals surface area contributed by atoms with E-state index < -0.39 is 29.5 Å². The fourth-order valence-corrected chi connectivity index (χ4v) is 1.03. The second-order valence-corrected chi connectivity index (χ2v) is 4.90. The molecule has 3 amide bonds. The van der Waals surface area contributed by atoms with Crippen molar-refractivity contribution in [3.05, 3.63) is 0 Å². The first-order chi connectivity index (χ1) is 9.65. The van der Waals surface area contributed by atoms with Crippen LogP contribution in [-0.4, -0.2) is 42.6 Å². The molecule has 0 atom stereocenters. The largest absolute Gasteiger partial charge is 0.459 e. The lowest BCUT2D eigenvalue weighted by molar-refractivity contribution is -0.155. The molecule has 9 nitrogen and oxygen atoms in total. The molecule has 0 aromatic heterocycles. The standard InChI is InChI=1S/C12H21N3O6/c1-5-20-10(18)9(17)15-14-8(16)6-7-13-11(19)21-12(2,3)4/h5-7H2,1-4H3,(H,13,19)(H,14,16)(H,15,17). The van der Waals surface area contributed by atoms with Crippen molar-refractivity contribution in [2.24, 2.45) is 0 Å². The van der Waals surface area contributed by atoms with Crippen molar-refractivity contribution in [2.45, 2.75) is 39.7 Å². The molecule has 21 heavy (non-hydrogen) atoms. The number of nitrogens with one attached hydrogen (secondary N) is 3. The van der Waals surface area contributed by atoms with Gasteiger partial charge in [-0.2, -0.15) is 0 Å². The molecule has 0 aliphatic heterocycles. The zero-order chi connectivity index (χ0) is 16.5. The number of rotatable bonds is 4. The Kier molecular flexibility index (Phi) is 7.80. The molecule has 0 fully saturated rings. The van der Waals surface area contributed by atoms with Crippen LogP contribution in [0.25, 0.3) is 0 Å². The van der Waals surface area contributed by atoms with E-state index >= 15 is 0 Å². The third-order valence-electron chi connectivity index (χ3n) is 1.80. The molecular weight excluding hydrogens is 282 g/mol. The Morgan fingerprint density at radius 1 is 1.05 bits per heavy atom. The minimum Gasteiger partial charge on any atom is -0.459 e. The summed E-state index contributed by atoms with van der Waals surface area (Å²) < 4.78 is 9.38. The van der Waals surface area contributed by atoms with Gasteiger partial charge in [-0.3, -0.25) is 20.4 Å². The van der Waals surface area contributed by atoms with Crippen LogP contribution in [0, 0.1) is 0 Å². The molecule has 0 aliphatic carbocycles. The summed E-state index contributed by atoms with van der Waals surface area (Å²) in [5.74, 6) is -2.75. The van der Waals surface area contributed by atoms with Gasteiger partial charge in [-0.05, 0) is 27.7 Å². The van der Waals surface area contributed by atoms with E-state index in [2.05, 4.69) is 10.1 Å². The highest BCUT2D eigenvalue weighted by Gasteiger charge is 2.17. The minimum absolute atomic E-state index is 0.0238. The number of esters is 1. The molecule has 0 saturated heterocycles. The van der Waals surface area contributed by atoms with E-state index in [-0.39, 0.29) is 19.6 Å². The van der Waals surface area contributed by atoms with Crippen LogP contribution in [0.4, 0.5) is 4.79 Å². The number of hydrogen-bond donors (Lipinski definition) is 3. The molecule has 0 aliphatic rings. The lowest BCUT2D eigenvalue weighted by atomic mass is 10.2. The van der Waals surface area contributed by atoms with Gasteiger partial charge in [-0.15, -0.1) is 0 Å². The SMILES string of the molecule is CCOC(=O)C(=O)NNC(=O)CCNC(=O)OC(C)(C)C. The van der Waals surface area contributed by atoms with Crippen LogP contribution in [-0.2, 0) is 23.9 Å². The maximum atomic E-state index is 11.3. The van der Waals surface area contributed by atoms with E-state index in [1.54, 1.807) is 27.7 Å². The first kappa shape index (κ1) is 18.7. The van der Waals surface area contributed by atoms with Gasteiger partial charge in [0.25, 0.3) is 0 Å². The van der Waals surface area contributed by atoms with Crippen LogP contribution < -0.4 is 16.2 Å². The van der Waals surface area contributed by atoms with Crippen molar-refractivity contribution in [2.75, 3.05) is 13.2 Å². The number of hydrogen-bond acceptors (Lipinski definition) is 6. The van der Waals surface area contributed by atoms with E-state index in [1.165, 1.54) is 0 Å². The summed E-state index contributed by atoms with van der Waals surface area (Å²) in [7, 11) is 0. The summed E-state index contributed by atoms with van der Waals surface area (Å²) in [5, 5.41) is 2.37. The summed E-state index contributed by atoms with van der Waals surface area (Å²) in [5.41, 5.74) is 3.27. The molecule has 3 N–H and O–H groups in total. The maximum Gasteiger partial charge on any atom is 0.407 e. The van der Waals surface area contributed by atoms with Crippen LogP contribution in [0.1, 0.15) is 34.1 Å². The molecule has 0 bridgehead atoms. The molecule has 0 rings (SSSR count). The summed E-state index contributed by atoms with van der Waals surface area (Å²) >= 11 is 0. The van der Waals surface area contributed by atoms with Crippen molar-refractivity contribution in [1.82, 2.24) is 16.2 Å². The van der Waals surface area contributed by atoms with Crippen molar-refractivity contribution < 1.29 is 28.7 Å². The second-order valence-electron chi connectivity index (χ2n) is 4.90. The van der Waals surface area contributed by atoms with Crippen LogP contribution in [0.3, 0.4) is 0 Å². The minimum atomic E-state index is -1.09. The number of ether oxygens (including phenoxy) is 2. The van der Waals surface area contributed by atoms with Crippen molar-refractivity contribution in [3.8, 4) is 0 Å². The van der Waals surface area contributed by atoms with Crippen LogP contribution >= 0.6 is 0 Å². The molecular formula is C12H21N3O6. The van der Waals surface area contributed by atoms with Gasteiger partial charge in [0, 0.05) is 13.0 Å². The Hall–Kier alpha value is -2.32. The van der Waals surface area contributed by atoms with E-state index in [0.29, 0.717) is 0 Å². The molecule has 0 aromatic carbocycles. The highest BCUT2D eigenvalue weighted by atomic mass is 16.6. The topological polar surface area (TPSA) is 123 Å². The smallest absolute Gasteiger partial charge is 0.407 e. The van der Waals surface area contributed by atoms with Crippen LogP contribution in [0.5, 0.6) is 0 Å². The summed E-state index contributed by atoms with van der Waals surface area (Å²) in [6, 6.07) is 0. The molecule has 120 valence electrons.